The number of para-hydroxylation sites is 1. The number of benzene rings is 1. The van der Waals surface area contributed by atoms with E-state index in [9.17, 15) is 0 Å². The quantitative estimate of drug-likeness (QED) is 0.816. The second kappa shape index (κ2) is 5.53. The van der Waals surface area contributed by atoms with Crippen molar-refractivity contribution in [1.29, 1.82) is 0 Å². The molecule has 0 amide bonds. The summed E-state index contributed by atoms with van der Waals surface area (Å²) in [5.41, 5.74) is 7.81. The normalized spacial score (nSPS) is 10.6. The predicted molar refractivity (Wildman–Crippen MR) is 71.5 cm³/mol. The van der Waals surface area contributed by atoms with E-state index >= 15 is 0 Å². The van der Waals surface area contributed by atoms with Gasteiger partial charge in [0.05, 0.1) is 0 Å². The first kappa shape index (κ1) is 12.4. The summed E-state index contributed by atoms with van der Waals surface area (Å²) in [5.74, 6) is 1.28. The van der Waals surface area contributed by atoms with Crippen molar-refractivity contribution in [2.24, 2.45) is 0 Å². The maximum atomic E-state index is 5.88. The number of nitrogen functional groups attached to an aromatic ring is 1. The summed E-state index contributed by atoms with van der Waals surface area (Å²) in [4.78, 5) is 6.27. The van der Waals surface area contributed by atoms with E-state index in [2.05, 4.69) is 10.1 Å². The summed E-state index contributed by atoms with van der Waals surface area (Å²) in [7, 11) is 1.93. The van der Waals surface area contributed by atoms with Gasteiger partial charge in [-0.1, -0.05) is 18.2 Å². The molecule has 1 aromatic carbocycles. The number of hydrogen-bond acceptors (Lipinski definition) is 5. The Labute approximate surface area is 107 Å². The third kappa shape index (κ3) is 2.80. The Morgan fingerprint density at radius 1 is 1.28 bits per heavy atom. The van der Waals surface area contributed by atoms with Crippen molar-refractivity contribution >= 4 is 11.6 Å². The van der Waals surface area contributed by atoms with E-state index in [4.69, 9.17) is 10.3 Å². The van der Waals surface area contributed by atoms with Crippen LogP contribution in [0.3, 0.4) is 0 Å². The van der Waals surface area contributed by atoms with Gasteiger partial charge in [0.15, 0.2) is 0 Å². The Balaban J connectivity index is 1.98. The fraction of sp³-hybridized carbons (Fsp3) is 0.385. The van der Waals surface area contributed by atoms with Gasteiger partial charge < -0.3 is 15.2 Å². The fourth-order valence-corrected chi connectivity index (χ4v) is 1.65. The van der Waals surface area contributed by atoms with Crippen LogP contribution in [0.2, 0.25) is 0 Å². The van der Waals surface area contributed by atoms with Crippen LogP contribution in [0, 0.1) is 0 Å². The topological polar surface area (TPSA) is 68.2 Å². The number of rotatable bonds is 5. The Hall–Kier alpha value is -2.04. The molecule has 0 saturated heterocycles. The third-order valence-corrected chi connectivity index (χ3v) is 2.94. The van der Waals surface area contributed by atoms with Crippen LogP contribution in [0.1, 0.15) is 18.4 Å². The van der Waals surface area contributed by atoms with Crippen LogP contribution in [0.4, 0.5) is 11.6 Å². The van der Waals surface area contributed by atoms with Gasteiger partial charge in [0, 0.05) is 25.7 Å². The van der Waals surface area contributed by atoms with Crippen LogP contribution in [0.15, 0.2) is 28.8 Å². The molecule has 0 bridgehead atoms. The molecule has 0 saturated carbocycles. The van der Waals surface area contributed by atoms with Crippen LogP contribution < -0.4 is 10.6 Å². The van der Waals surface area contributed by atoms with Crippen LogP contribution in [-0.2, 0) is 12.8 Å². The molecule has 0 spiro atoms. The second-order valence-electron chi connectivity index (χ2n) is 4.20. The van der Waals surface area contributed by atoms with E-state index in [0.717, 1.165) is 24.2 Å². The highest BCUT2D eigenvalue weighted by Crippen LogP contribution is 2.14. The maximum Gasteiger partial charge on any atom is 0.265 e. The first-order chi connectivity index (χ1) is 8.70. The molecule has 96 valence electrons. The molecular weight excluding hydrogens is 228 g/mol. The van der Waals surface area contributed by atoms with E-state index in [0.29, 0.717) is 18.3 Å². The SMILES string of the molecule is CCN(C)c1noc(CCc2ccccc2N)n1. The lowest BCUT2D eigenvalue weighted by molar-refractivity contribution is 0.378. The molecule has 2 aromatic rings. The van der Waals surface area contributed by atoms with Gasteiger partial charge in [-0.25, -0.2) is 0 Å². The van der Waals surface area contributed by atoms with Gasteiger partial charge in [-0.3, -0.25) is 0 Å². The first-order valence-electron chi connectivity index (χ1n) is 6.07. The smallest absolute Gasteiger partial charge is 0.265 e. The van der Waals surface area contributed by atoms with Crippen molar-refractivity contribution in [1.82, 2.24) is 10.1 Å². The van der Waals surface area contributed by atoms with E-state index in [-0.39, 0.29) is 0 Å². The van der Waals surface area contributed by atoms with Gasteiger partial charge in [0.2, 0.25) is 5.89 Å². The van der Waals surface area contributed by atoms with E-state index in [1.54, 1.807) is 0 Å². The highest BCUT2D eigenvalue weighted by molar-refractivity contribution is 5.46. The molecule has 5 nitrogen and oxygen atoms in total. The fourth-order valence-electron chi connectivity index (χ4n) is 1.65. The molecule has 0 fully saturated rings. The second-order valence-corrected chi connectivity index (χ2v) is 4.20. The standard InChI is InChI=1S/C13H18N4O/c1-3-17(2)13-15-12(18-16-13)9-8-10-6-4-5-7-11(10)14/h4-7H,3,8-9,14H2,1-2H3. The highest BCUT2D eigenvalue weighted by atomic mass is 16.5. The van der Waals surface area contributed by atoms with Gasteiger partial charge in [-0.15, -0.1) is 0 Å². The summed E-state index contributed by atoms with van der Waals surface area (Å²) < 4.78 is 5.21. The number of nitrogens with zero attached hydrogens (tertiary/aromatic N) is 3. The summed E-state index contributed by atoms with van der Waals surface area (Å²) in [6.45, 7) is 2.89. The molecule has 0 atom stereocenters. The molecule has 5 heteroatoms. The van der Waals surface area contributed by atoms with Gasteiger partial charge in [-0.2, -0.15) is 4.98 Å². The van der Waals surface area contributed by atoms with Crippen molar-refractivity contribution < 1.29 is 4.52 Å². The van der Waals surface area contributed by atoms with E-state index < -0.39 is 0 Å². The monoisotopic (exact) mass is 246 g/mol. The Kier molecular flexibility index (Phi) is 3.82. The molecule has 18 heavy (non-hydrogen) atoms. The minimum Gasteiger partial charge on any atom is -0.399 e. The molecule has 2 N–H and O–H groups in total. The average Bonchev–Trinajstić information content (AvgIpc) is 2.86. The van der Waals surface area contributed by atoms with Crippen molar-refractivity contribution in [3.63, 3.8) is 0 Å². The largest absolute Gasteiger partial charge is 0.399 e. The van der Waals surface area contributed by atoms with E-state index in [1.807, 2.05) is 43.1 Å². The lowest BCUT2D eigenvalue weighted by atomic mass is 10.1. The third-order valence-electron chi connectivity index (χ3n) is 2.94. The number of hydrogen-bond donors (Lipinski definition) is 1. The zero-order chi connectivity index (χ0) is 13.0. The molecule has 0 aliphatic carbocycles. The Bertz CT molecular complexity index is 509. The Morgan fingerprint density at radius 2 is 2.06 bits per heavy atom. The van der Waals surface area contributed by atoms with Crippen molar-refractivity contribution in [3.8, 4) is 0 Å². The minimum atomic E-state index is 0.633. The molecule has 0 aliphatic heterocycles. The van der Waals surface area contributed by atoms with Gasteiger partial charge in [0.1, 0.15) is 0 Å². The van der Waals surface area contributed by atoms with Gasteiger partial charge >= 0.3 is 0 Å². The molecule has 0 unspecified atom stereocenters. The van der Waals surface area contributed by atoms with Crippen LogP contribution in [0.25, 0.3) is 0 Å². The summed E-state index contributed by atoms with van der Waals surface area (Å²) in [6, 6.07) is 7.83. The zero-order valence-electron chi connectivity index (χ0n) is 10.8. The summed E-state index contributed by atoms with van der Waals surface area (Å²) in [6.07, 6.45) is 1.52. The minimum absolute atomic E-state index is 0.633. The number of aromatic nitrogens is 2. The van der Waals surface area contributed by atoms with Crippen LogP contribution in [0.5, 0.6) is 0 Å². The molecule has 0 aliphatic rings. The Morgan fingerprint density at radius 3 is 2.78 bits per heavy atom. The number of aryl methyl sites for hydroxylation is 2. The van der Waals surface area contributed by atoms with Crippen molar-refractivity contribution in [2.45, 2.75) is 19.8 Å². The van der Waals surface area contributed by atoms with Crippen molar-refractivity contribution in [3.05, 3.63) is 35.7 Å². The van der Waals surface area contributed by atoms with Crippen molar-refractivity contribution in [2.75, 3.05) is 24.2 Å². The molecule has 2 rings (SSSR count). The first-order valence-corrected chi connectivity index (χ1v) is 6.07. The average molecular weight is 246 g/mol. The molecular formula is C13H18N4O. The summed E-state index contributed by atoms with van der Waals surface area (Å²) in [5, 5.41) is 3.93. The zero-order valence-corrected chi connectivity index (χ0v) is 10.8. The number of nitrogens with two attached hydrogens (primary N) is 1. The predicted octanol–water partition coefficient (Wildman–Crippen LogP) is 1.89. The molecule has 0 radical (unpaired) electrons. The molecule has 1 heterocycles. The lowest BCUT2D eigenvalue weighted by Gasteiger charge is -2.08. The van der Waals surface area contributed by atoms with Crippen LogP contribution in [-0.4, -0.2) is 23.7 Å². The lowest BCUT2D eigenvalue weighted by Crippen LogP contribution is -2.17. The summed E-state index contributed by atoms with van der Waals surface area (Å²) >= 11 is 0. The van der Waals surface area contributed by atoms with Crippen LogP contribution >= 0.6 is 0 Å². The number of anilines is 2. The van der Waals surface area contributed by atoms with E-state index in [1.165, 1.54) is 0 Å². The maximum absolute atomic E-state index is 5.88. The molecule has 1 aromatic heterocycles. The van der Waals surface area contributed by atoms with Gasteiger partial charge in [-0.05, 0) is 30.1 Å². The van der Waals surface area contributed by atoms with Gasteiger partial charge in [0.25, 0.3) is 5.95 Å². The highest BCUT2D eigenvalue weighted by Gasteiger charge is 2.09.